The van der Waals surface area contributed by atoms with Crippen LogP contribution in [0.3, 0.4) is 0 Å². The maximum absolute atomic E-state index is 13.5. The first-order valence-corrected chi connectivity index (χ1v) is 5.54. The predicted molar refractivity (Wildman–Crippen MR) is 62.9 cm³/mol. The van der Waals surface area contributed by atoms with Gasteiger partial charge in [-0.25, -0.2) is 13.6 Å². The number of hydrogen-bond donors (Lipinski definition) is 2. The summed E-state index contributed by atoms with van der Waals surface area (Å²) in [5, 5.41) is 11.3. The monoisotopic (exact) mass is 259 g/mol. The maximum Gasteiger partial charge on any atom is 0.338 e. The number of carboxylic acid groups (broad SMARTS) is 1. The standard InChI is InChI=1S/C12H15F2NO3/c1-3-18-7(2)6-15-9-5-4-8(12(16)17)10(13)11(9)14/h4-5,7,15H,3,6H2,1-2H3,(H,16,17). The number of hydrogen-bond acceptors (Lipinski definition) is 3. The first-order chi connectivity index (χ1) is 8.47. The van der Waals surface area contributed by atoms with Crippen LogP contribution in [0.2, 0.25) is 0 Å². The van der Waals surface area contributed by atoms with E-state index in [0.29, 0.717) is 13.2 Å². The van der Waals surface area contributed by atoms with E-state index in [1.54, 1.807) is 6.92 Å². The van der Waals surface area contributed by atoms with Crippen molar-refractivity contribution in [3.05, 3.63) is 29.3 Å². The first-order valence-electron chi connectivity index (χ1n) is 5.54. The van der Waals surface area contributed by atoms with Gasteiger partial charge in [0.2, 0.25) is 0 Å². The zero-order chi connectivity index (χ0) is 13.7. The van der Waals surface area contributed by atoms with Gasteiger partial charge in [-0.05, 0) is 26.0 Å². The van der Waals surface area contributed by atoms with Gasteiger partial charge in [-0.2, -0.15) is 0 Å². The number of anilines is 1. The van der Waals surface area contributed by atoms with Gasteiger partial charge in [-0.15, -0.1) is 0 Å². The molecule has 0 amide bonds. The minimum Gasteiger partial charge on any atom is -0.478 e. The van der Waals surface area contributed by atoms with Crippen molar-refractivity contribution < 1.29 is 23.4 Å². The fraction of sp³-hybridized carbons (Fsp3) is 0.417. The number of aromatic carboxylic acids is 1. The van der Waals surface area contributed by atoms with Crippen LogP contribution in [0.4, 0.5) is 14.5 Å². The van der Waals surface area contributed by atoms with Gasteiger partial charge in [0, 0.05) is 13.2 Å². The van der Waals surface area contributed by atoms with E-state index in [-0.39, 0.29) is 11.8 Å². The van der Waals surface area contributed by atoms with Crippen LogP contribution in [0, 0.1) is 11.6 Å². The second-order valence-corrected chi connectivity index (χ2v) is 3.74. The molecule has 0 saturated heterocycles. The third-order valence-corrected chi connectivity index (χ3v) is 2.34. The summed E-state index contributed by atoms with van der Waals surface area (Å²) in [6, 6.07) is 2.22. The van der Waals surface area contributed by atoms with E-state index in [2.05, 4.69) is 5.32 Å². The molecule has 0 radical (unpaired) electrons. The summed E-state index contributed by atoms with van der Waals surface area (Å²) in [5.41, 5.74) is -0.764. The normalized spacial score (nSPS) is 12.2. The molecule has 1 aromatic rings. The van der Waals surface area contributed by atoms with Crippen molar-refractivity contribution in [1.29, 1.82) is 0 Å². The molecule has 18 heavy (non-hydrogen) atoms. The van der Waals surface area contributed by atoms with Crippen molar-refractivity contribution in [3.8, 4) is 0 Å². The van der Waals surface area contributed by atoms with Crippen LogP contribution in [0.15, 0.2) is 12.1 Å². The highest BCUT2D eigenvalue weighted by Gasteiger charge is 2.18. The highest BCUT2D eigenvalue weighted by Crippen LogP contribution is 2.20. The lowest BCUT2D eigenvalue weighted by Gasteiger charge is -2.14. The largest absolute Gasteiger partial charge is 0.478 e. The Kier molecular flexibility index (Phi) is 5.03. The van der Waals surface area contributed by atoms with Crippen molar-refractivity contribution in [2.75, 3.05) is 18.5 Å². The Morgan fingerprint density at radius 3 is 2.67 bits per heavy atom. The molecule has 0 fully saturated rings. The van der Waals surface area contributed by atoms with Gasteiger partial charge in [0.25, 0.3) is 0 Å². The van der Waals surface area contributed by atoms with Gasteiger partial charge >= 0.3 is 5.97 Å². The molecule has 1 unspecified atom stereocenters. The molecule has 4 nitrogen and oxygen atoms in total. The van der Waals surface area contributed by atoms with E-state index in [1.807, 2.05) is 6.92 Å². The highest BCUT2D eigenvalue weighted by molar-refractivity contribution is 5.88. The Labute approximate surface area is 104 Å². The molecule has 1 atom stereocenters. The summed E-state index contributed by atoms with van der Waals surface area (Å²) in [6.45, 7) is 4.45. The quantitative estimate of drug-likeness (QED) is 0.824. The Balaban J connectivity index is 2.79. The SMILES string of the molecule is CCOC(C)CNc1ccc(C(=O)O)c(F)c1F. The average Bonchev–Trinajstić information content (AvgIpc) is 2.31. The third kappa shape index (κ3) is 3.40. The lowest BCUT2D eigenvalue weighted by Crippen LogP contribution is -2.20. The van der Waals surface area contributed by atoms with E-state index in [1.165, 1.54) is 6.07 Å². The molecule has 0 aromatic heterocycles. The molecular weight excluding hydrogens is 244 g/mol. The van der Waals surface area contributed by atoms with Gasteiger partial charge in [-0.1, -0.05) is 0 Å². The van der Waals surface area contributed by atoms with Crippen LogP contribution in [0.25, 0.3) is 0 Å². The first kappa shape index (κ1) is 14.4. The number of benzene rings is 1. The molecule has 100 valence electrons. The lowest BCUT2D eigenvalue weighted by molar-refractivity contribution is 0.0690. The maximum atomic E-state index is 13.5. The highest BCUT2D eigenvalue weighted by atomic mass is 19.2. The smallest absolute Gasteiger partial charge is 0.338 e. The second-order valence-electron chi connectivity index (χ2n) is 3.74. The van der Waals surface area contributed by atoms with Crippen LogP contribution < -0.4 is 5.32 Å². The van der Waals surface area contributed by atoms with Crippen molar-refractivity contribution in [2.24, 2.45) is 0 Å². The average molecular weight is 259 g/mol. The zero-order valence-corrected chi connectivity index (χ0v) is 10.2. The van der Waals surface area contributed by atoms with Crippen LogP contribution in [-0.2, 0) is 4.74 Å². The fourth-order valence-electron chi connectivity index (χ4n) is 1.45. The van der Waals surface area contributed by atoms with E-state index >= 15 is 0 Å². The molecule has 0 aliphatic rings. The van der Waals surface area contributed by atoms with E-state index in [0.717, 1.165) is 6.07 Å². The summed E-state index contributed by atoms with van der Waals surface area (Å²) in [7, 11) is 0. The molecule has 6 heteroatoms. The molecule has 0 spiro atoms. The molecular formula is C12H15F2NO3. The van der Waals surface area contributed by atoms with E-state index < -0.39 is 23.2 Å². The number of nitrogens with one attached hydrogen (secondary N) is 1. The van der Waals surface area contributed by atoms with Crippen LogP contribution in [-0.4, -0.2) is 30.3 Å². The van der Waals surface area contributed by atoms with Crippen LogP contribution >= 0.6 is 0 Å². The summed E-state index contributed by atoms with van der Waals surface area (Å²) in [5.74, 6) is -4.06. The zero-order valence-electron chi connectivity index (χ0n) is 10.2. The number of ether oxygens (including phenoxy) is 1. The van der Waals surface area contributed by atoms with Gasteiger partial charge in [0.05, 0.1) is 17.4 Å². The lowest BCUT2D eigenvalue weighted by atomic mass is 10.2. The summed E-state index contributed by atoms with van der Waals surface area (Å²) < 4.78 is 32.1. The van der Waals surface area contributed by atoms with Gasteiger partial charge < -0.3 is 15.2 Å². The molecule has 0 heterocycles. The van der Waals surface area contributed by atoms with Crippen LogP contribution in [0.5, 0.6) is 0 Å². The van der Waals surface area contributed by atoms with Gasteiger partial charge in [0.15, 0.2) is 11.6 Å². The van der Waals surface area contributed by atoms with Crippen LogP contribution in [0.1, 0.15) is 24.2 Å². The van der Waals surface area contributed by atoms with Crippen molar-refractivity contribution in [3.63, 3.8) is 0 Å². The number of carbonyl (C=O) groups is 1. The predicted octanol–water partition coefficient (Wildman–Crippen LogP) is 2.50. The molecule has 1 aromatic carbocycles. The summed E-state index contributed by atoms with van der Waals surface area (Å²) >= 11 is 0. The Morgan fingerprint density at radius 1 is 1.44 bits per heavy atom. The Bertz CT molecular complexity index is 438. The molecule has 0 saturated carbocycles. The molecule has 0 aliphatic carbocycles. The third-order valence-electron chi connectivity index (χ3n) is 2.34. The van der Waals surface area contributed by atoms with Gasteiger partial charge in [-0.3, -0.25) is 0 Å². The molecule has 0 aliphatic heterocycles. The minimum atomic E-state index is -1.50. The minimum absolute atomic E-state index is 0.0796. The summed E-state index contributed by atoms with van der Waals surface area (Å²) in [6.07, 6.45) is -0.156. The van der Waals surface area contributed by atoms with E-state index in [4.69, 9.17) is 9.84 Å². The second kappa shape index (κ2) is 6.30. The molecule has 0 bridgehead atoms. The van der Waals surface area contributed by atoms with Crippen molar-refractivity contribution in [1.82, 2.24) is 0 Å². The topological polar surface area (TPSA) is 58.6 Å². The van der Waals surface area contributed by atoms with Gasteiger partial charge in [0.1, 0.15) is 0 Å². The van der Waals surface area contributed by atoms with Crippen molar-refractivity contribution >= 4 is 11.7 Å². The Morgan fingerprint density at radius 2 is 2.11 bits per heavy atom. The molecule has 1 rings (SSSR count). The summed E-state index contributed by atoms with van der Waals surface area (Å²) in [4.78, 5) is 10.6. The number of halogens is 2. The van der Waals surface area contributed by atoms with Crippen molar-refractivity contribution in [2.45, 2.75) is 20.0 Å². The molecule has 2 N–H and O–H groups in total. The number of carboxylic acids is 1. The van der Waals surface area contributed by atoms with E-state index in [9.17, 15) is 13.6 Å². The fourth-order valence-corrected chi connectivity index (χ4v) is 1.45. The number of rotatable bonds is 6. The Hall–Kier alpha value is -1.69.